The van der Waals surface area contributed by atoms with Gasteiger partial charge < -0.3 is 9.88 Å². The molecule has 1 aliphatic carbocycles. The van der Waals surface area contributed by atoms with Crippen molar-refractivity contribution in [2.75, 3.05) is 6.54 Å². The Balaban J connectivity index is 1.38. The molecule has 0 aliphatic heterocycles. The fraction of sp³-hybridized carbons (Fsp3) is 0.500. The van der Waals surface area contributed by atoms with E-state index in [0.717, 1.165) is 56.3 Å². The van der Waals surface area contributed by atoms with Crippen LogP contribution in [0.2, 0.25) is 0 Å². The van der Waals surface area contributed by atoms with Crippen LogP contribution < -0.4 is 10.9 Å². The molecule has 4 rings (SSSR count). The SMILES string of the molecule is CC(C)CCn1cc(CCNC(=O)Cn2nc3c(cc2=O)CCCCC3)c2ccccc21. The standard InChI is InChI=1S/C26H34N4O2/c1-19(2)13-15-29-17-21(22-9-6-7-11-24(22)29)12-14-27-25(31)18-30-26(32)16-20-8-4-3-5-10-23(20)28-30/h6-7,9,11,16-17,19H,3-5,8,10,12-15,18H2,1-2H3,(H,27,31). The number of benzene rings is 1. The van der Waals surface area contributed by atoms with E-state index >= 15 is 0 Å². The molecule has 2 heterocycles. The monoisotopic (exact) mass is 434 g/mol. The van der Waals surface area contributed by atoms with E-state index in [9.17, 15) is 9.59 Å². The minimum absolute atomic E-state index is 0.0255. The van der Waals surface area contributed by atoms with Gasteiger partial charge in [0.2, 0.25) is 5.91 Å². The number of rotatable bonds is 8. The average molecular weight is 435 g/mol. The summed E-state index contributed by atoms with van der Waals surface area (Å²) in [6.07, 6.45) is 9.27. The van der Waals surface area contributed by atoms with Gasteiger partial charge in [-0.25, -0.2) is 4.68 Å². The van der Waals surface area contributed by atoms with Gasteiger partial charge in [0.1, 0.15) is 6.54 Å². The number of aryl methyl sites for hydroxylation is 3. The lowest BCUT2D eigenvalue weighted by Gasteiger charge is -2.10. The summed E-state index contributed by atoms with van der Waals surface area (Å²) in [5, 5.41) is 8.72. The van der Waals surface area contributed by atoms with Crippen LogP contribution in [-0.2, 0) is 37.1 Å². The molecule has 3 aromatic rings. The lowest BCUT2D eigenvalue weighted by atomic mass is 10.1. The summed E-state index contributed by atoms with van der Waals surface area (Å²) < 4.78 is 3.64. The fourth-order valence-corrected chi connectivity index (χ4v) is 4.52. The normalized spacial score (nSPS) is 13.8. The van der Waals surface area contributed by atoms with Gasteiger partial charge in [-0.3, -0.25) is 9.59 Å². The Morgan fingerprint density at radius 1 is 1.16 bits per heavy atom. The summed E-state index contributed by atoms with van der Waals surface area (Å²) in [7, 11) is 0. The number of nitrogens with one attached hydrogen (secondary N) is 1. The first-order valence-corrected chi connectivity index (χ1v) is 11.9. The first-order valence-electron chi connectivity index (χ1n) is 11.9. The van der Waals surface area contributed by atoms with Gasteiger partial charge in [0, 0.05) is 36.3 Å². The van der Waals surface area contributed by atoms with E-state index in [4.69, 9.17) is 0 Å². The van der Waals surface area contributed by atoms with E-state index in [2.05, 4.69) is 59.3 Å². The Morgan fingerprint density at radius 2 is 1.97 bits per heavy atom. The van der Waals surface area contributed by atoms with Gasteiger partial charge in [-0.05, 0) is 61.6 Å². The molecule has 2 aromatic heterocycles. The molecule has 32 heavy (non-hydrogen) atoms. The van der Waals surface area contributed by atoms with Crippen molar-refractivity contribution in [2.24, 2.45) is 5.92 Å². The number of fused-ring (bicyclic) bond motifs is 2. The summed E-state index contributed by atoms with van der Waals surface area (Å²) in [5.41, 5.74) is 4.33. The molecule has 0 spiro atoms. The summed E-state index contributed by atoms with van der Waals surface area (Å²) in [6, 6.07) is 10.1. The second-order valence-corrected chi connectivity index (χ2v) is 9.32. The third-order valence-electron chi connectivity index (χ3n) is 6.35. The van der Waals surface area contributed by atoms with Gasteiger partial charge in [-0.1, -0.05) is 38.5 Å². The maximum absolute atomic E-state index is 12.5. The Morgan fingerprint density at radius 3 is 2.81 bits per heavy atom. The maximum Gasteiger partial charge on any atom is 0.267 e. The number of carbonyl (C=O) groups is 1. The fourth-order valence-electron chi connectivity index (χ4n) is 4.52. The molecular weight excluding hydrogens is 400 g/mol. The van der Waals surface area contributed by atoms with E-state index in [1.165, 1.54) is 27.6 Å². The molecule has 0 saturated heterocycles. The highest BCUT2D eigenvalue weighted by Crippen LogP contribution is 2.22. The molecule has 1 aliphatic rings. The molecular formula is C26H34N4O2. The smallest absolute Gasteiger partial charge is 0.267 e. The van der Waals surface area contributed by atoms with Gasteiger partial charge in [-0.2, -0.15) is 5.10 Å². The summed E-state index contributed by atoms with van der Waals surface area (Å²) in [4.78, 5) is 24.9. The molecule has 0 unspecified atom stereocenters. The van der Waals surface area contributed by atoms with Gasteiger partial charge in [-0.15, -0.1) is 0 Å². The number of hydrogen-bond acceptors (Lipinski definition) is 3. The van der Waals surface area contributed by atoms with Crippen LogP contribution in [0.4, 0.5) is 0 Å². The molecule has 0 saturated carbocycles. The minimum Gasteiger partial charge on any atom is -0.354 e. The molecule has 0 atom stereocenters. The Kier molecular flexibility index (Phi) is 7.08. The van der Waals surface area contributed by atoms with Crippen LogP contribution in [-0.4, -0.2) is 26.8 Å². The molecule has 0 radical (unpaired) electrons. The van der Waals surface area contributed by atoms with Gasteiger partial charge >= 0.3 is 0 Å². The molecule has 1 aromatic carbocycles. The third-order valence-corrected chi connectivity index (χ3v) is 6.35. The van der Waals surface area contributed by atoms with E-state index in [-0.39, 0.29) is 18.0 Å². The second-order valence-electron chi connectivity index (χ2n) is 9.32. The molecule has 6 nitrogen and oxygen atoms in total. The lowest BCUT2D eigenvalue weighted by molar-refractivity contribution is -0.121. The Hall–Kier alpha value is -2.89. The predicted octanol–water partition coefficient (Wildman–Crippen LogP) is 3.87. The zero-order valence-corrected chi connectivity index (χ0v) is 19.3. The Labute approximate surface area is 189 Å². The highest BCUT2D eigenvalue weighted by Gasteiger charge is 2.14. The van der Waals surface area contributed by atoms with Crippen molar-refractivity contribution in [1.82, 2.24) is 19.7 Å². The van der Waals surface area contributed by atoms with Crippen molar-refractivity contribution in [2.45, 2.75) is 71.9 Å². The van der Waals surface area contributed by atoms with Crippen molar-refractivity contribution < 1.29 is 4.79 Å². The van der Waals surface area contributed by atoms with Gasteiger partial charge in [0.15, 0.2) is 0 Å². The first-order chi connectivity index (χ1) is 15.5. The predicted molar refractivity (Wildman–Crippen MR) is 128 cm³/mol. The van der Waals surface area contributed by atoms with E-state index in [1.807, 2.05) is 0 Å². The zero-order chi connectivity index (χ0) is 22.5. The van der Waals surface area contributed by atoms with Gasteiger partial charge in [0.25, 0.3) is 5.56 Å². The van der Waals surface area contributed by atoms with Crippen LogP contribution in [0.3, 0.4) is 0 Å². The highest BCUT2D eigenvalue weighted by atomic mass is 16.2. The number of carbonyl (C=O) groups excluding carboxylic acids is 1. The van der Waals surface area contributed by atoms with Gasteiger partial charge in [0.05, 0.1) is 5.69 Å². The van der Waals surface area contributed by atoms with Crippen LogP contribution in [0.15, 0.2) is 41.3 Å². The number of hydrogen-bond donors (Lipinski definition) is 1. The molecule has 0 fully saturated rings. The molecule has 170 valence electrons. The van der Waals surface area contributed by atoms with E-state index in [1.54, 1.807) is 6.07 Å². The molecule has 1 N–H and O–H groups in total. The average Bonchev–Trinajstić information content (AvgIpc) is 2.95. The number of amides is 1. The minimum atomic E-state index is -0.186. The van der Waals surface area contributed by atoms with Crippen molar-refractivity contribution in [1.29, 1.82) is 0 Å². The quantitative estimate of drug-likeness (QED) is 0.547. The van der Waals surface area contributed by atoms with Crippen LogP contribution in [0.1, 0.15) is 56.4 Å². The van der Waals surface area contributed by atoms with Crippen LogP contribution in [0.5, 0.6) is 0 Å². The lowest BCUT2D eigenvalue weighted by Crippen LogP contribution is -2.35. The third kappa shape index (κ3) is 5.29. The van der Waals surface area contributed by atoms with E-state index < -0.39 is 0 Å². The van der Waals surface area contributed by atoms with Crippen molar-refractivity contribution >= 4 is 16.8 Å². The second kappa shape index (κ2) is 10.2. The molecule has 1 amide bonds. The first kappa shape index (κ1) is 22.3. The summed E-state index contributed by atoms with van der Waals surface area (Å²) in [5.74, 6) is 0.487. The number of nitrogens with zero attached hydrogens (tertiary/aromatic N) is 3. The number of aromatic nitrogens is 3. The summed E-state index contributed by atoms with van der Waals surface area (Å²) in [6.45, 7) is 6.00. The van der Waals surface area contributed by atoms with E-state index in [0.29, 0.717) is 12.5 Å². The summed E-state index contributed by atoms with van der Waals surface area (Å²) >= 11 is 0. The topological polar surface area (TPSA) is 68.9 Å². The molecule has 6 heteroatoms. The van der Waals surface area contributed by atoms with Crippen molar-refractivity contribution in [3.63, 3.8) is 0 Å². The number of para-hydroxylation sites is 1. The highest BCUT2D eigenvalue weighted by molar-refractivity contribution is 5.84. The van der Waals surface area contributed by atoms with Crippen molar-refractivity contribution in [3.8, 4) is 0 Å². The Bertz CT molecular complexity index is 1140. The maximum atomic E-state index is 12.5. The van der Waals surface area contributed by atoms with Crippen LogP contribution in [0, 0.1) is 5.92 Å². The van der Waals surface area contributed by atoms with Crippen LogP contribution >= 0.6 is 0 Å². The largest absolute Gasteiger partial charge is 0.354 e. The van der Waals surface area contributed by atoms with Crippen LogP contribution in [0.25, 0.3) is 10.9 Å². The van der Waals surface area contributed by atoms with Crippen molar-refractivity contribution in [3.05, 3.63) is 63.7 Å². The molecule has 0 bridgehead atoms. The zero-order valence-electron chi connectivity index (χ0n) is 19.3.